The second-order valence-corrected chi connectivity index (χ2v) is 4.34. The van der Waals surface area contributed by atoms with Gasteiger partial charge in [-0.3, -0.25) is 0 Å². The Bertz CT molecular complexity index is 406. The summed E-state index contributed by atoms with van der Waals surface area (Å²) in [5, 5.41) is 5.58. The minimum absolute atomic E-state index is 0.110. The first-order valence-electron chi connectivity index (χ1n) is 6.10. The summed E-state index contributed by atoms with van der Waals surface area (Å²) >= 11 is 0. The van der Waals surface area contributed by atoms with Gasteiger partial charge in [-0.25, -0.2) is 9.18 Å². The summed E-state index contributed by atoms with van der Waals surface area (Å²) in [6, 6.07) is 6.31. The molecule has 2 amide bonds. The first-order chi connectivity index (χ1) is 8.74. The Labute approximate surface area is 106 Å². The Morgan fingerprint density at radius 1 is 1.50 bits per heavy atom. The second-order valence-electron chi connectivity index (χ2n) is 4.34. The number of carbonyl (C=O) groups is 1. The first kappa shape index (κ1) is 12.8. The van der Waals surface area contributed by atoms with Gasteiger partial charge in [-0.15, -0.1) is 0 Å². The van der Waals surface area contributed by atoms with E-state index < -0.39 is 0 Å². The van der Waals surface area contributed by atoms with Gasteiger partial charge in [-0.2, -0.15) is 0 Å². The maximum absolute atomic E-state index is 12.9. The molecule has 1 aromatic rings. The Balaban J connectivity index is 1.66. The lowest BCUT2D eigenvalue weighted by Gasteiger charge is -2.11. The van der Waals surface area contributed by atoms with Gasteiger partial charge in [0.1, 0.15) is 5.82 Å². The van der Waals surface area contributed by atoms with Crippen molar-refractivity contribution in [1.82, 2.24) is 10.6 Å². The molecule has 18 heavy (non-hydrogen) atoms. The third-order valence-electron chi connectivity index (χ3n) is 2.85. The summed E-state index contributed by atoms with van der Waals surface area (Å²) in [5.74, 6) is -0.250. The van der Waals surface area contributed by atoms with Gasteiger partial charge in [0.25, 0.3) is 0 Å². The van der Waals surface area contributed by atoms with E-state index in [4.69, 9.17) is 4.74 Å². The van der Waals surface area contributed by atoms with Crippen LogP contribution < -0.4 is 10.6 Å². The SMILES string of the molecule is O=C(NCCc1cccc(F)c1)NC1CCOC1. The molecule has 2 N–H and O–H groups in total. The van der Waals surface area contributed by atoms with Gasteiger partial charge in [0.15, 0.2) is 0 Å². The molecule has 0 spiro atoms. The molecule has 2 rings (SSSR count). The molecule has 0 saturated carbocycles. The predicted molar refractivity (Wildman–Crippen MR) is 65.9 cm³/mol. The molecule has 5 heteroatoms. The van der Waals surface area contributed by atoms with E-state index in [1.165, 1.54) is 12.1 Å². The first-order valence-corrected chi connectivity index (χ1v) is 6.10. The number of nitrogens with one attached hydrogen (secondary N) is 2. The molecule has 1 heterocycles. The molecule has 0 radical (unpaired) electrons. The second kappa shape index (κ2) is 6.35. The maximum Gasteiger partial charge on any atom is 0.315 e. The van der Waals surface area contributed by atoms with Crippen molar-refractivity contribution < 1.29 is 13.9 Å². The quantitative estimate of drug-likeness (QED) is 0.852. The van der Waals surface area contributed by atoms with Crippen molar-refractivity contribution in [3.05, 3.63) is 35.6 Å². The lowest BCUT2D eigenvalue weighted by Crippen LogP contribution is -2.42. The number of carbonyl (C=O) groups excluding carboxylic acids is 1. The minimum atomic E-state index is -0.250. The van der Waals surface area contributed by atoms with E-state index in [-0.39, 0.29) is 17.9 Å². The Hall–Kier alpha value is -1.62. The smallest absolute Gasteiger partial charge is 0.315 e. The average molecular weight is 252 g/mol. The van der Waals surface area contributed by atoms with Crippen molar-refractivity contribution in [1.29, 1.82) is 0 Å². The highest BCUT2D eigenvalue weighted by Crippen LogP contribution is 2.04. The van der Waals surface area contributed by atoms with E-state index in [1.54, 1.807) is 6.07 Å². The van der Waals surface area contributed by atoms with Crippen molar-refractivity contribution in [2.45, 2.75) is 18.9 Å². The highest BCUT2D eigenvalue weighted by Gasteiger charge is 2.17. The van der Waals surface area contributed by atoms with Crippen molar-refractivity contribution in [3.63, 3.8) is 0 Å². The van der Waals surface area contributed by atoms with Crippen LogP contribution >= 0.6 is 0 Å². The van der Waals surface area contributed by atoms with Gasteiger partial charge in [0.2, 0.25) is 0 Å². The van der Waals surface area contributed by atoms with Crippen molar-refractivity contribution in [3.8, 4) is 0 Å². The zero-order valence-corrected chi connectivity index (χ0v) is 10.1. The molecule has 1 unspecified atom stereocenters. The fourth-order valence-corrected chi connectivity index (χ4v) is 1.90. The fraction of sp³-hybridized carbons (Fsp3) is 0.462. The van der Waals surface area contributed by atoms with Crippen molar-refractivity contribution in [2.24, 2.45) is 0 Å². The molecule has 1 aliphatic rings. The van der Waals surface area contributed by atoms with Crippen LogP contribution in [0.5, 0.6) is 0 Å². The van der Waals surface area contributed by atoms with E-state index in [0.29, 0.717) is 26.2 Å². The molecule has 1 fully saturated rings. The molecule has 0 bridgehead atoms. The van der Waals surface area contributed by atoms with Crippen LogP contribution in [0.1, 0.15) is 12.0 Å². The zero-order chi connectivity index (χ0) is 12.8. The summed E-state index contributed by atoms with van der Waals surface area (Å²) in [5.41, 5.74) is 0.875. The highest BCUT2D eigenvalue weighted by molar-refractivity contribution is 5.74. The van der Waals surface area contributed by atoms with Crippen LogP contribution in [0.4, 0.5) is 9.18 Å². The van der Waals surface area contributed by atoms with E-state index in [1.807, 2.05) is 6.07 Å². The molecule has 0 aliphatic carbocycles. The van der Waals surface area contributed by atoms with Gasteiger partial charge < -0.3 is 15.4 Å². The number of hydrogen-bond acceptors (Lipinski definition) is 2. The Morgan fingerprint density at radius 2 is 2.39 bits per heavy atom. The van der Waals surface area contributed by atoms with E-state index in [2.05, 4.69) is 10.6 Å². The van der Waals surface area contributed by atoms with Gasteiger partial charge in [0.05, 0.1) is 12.6 Å². The molecular weight excluding hydrogens is 235 g/mol. The van der Waals surface area contributed by atoms with Crippen LogP contribution in [-0.4, -0.2) is 31.8 Å². The predicted octanol–water partition coefficient (Wildman–Crippen LogP) is 1.46. The zero-order valence-electron chi connectivity index (χ0n) is 10.1. The Morgan fingerprint density at radius 3 is 3.11 bits per heavy atom. The summed E-state index contributed by atoms with van der Waals surface area (Å²) in [6.45, 7) is 1.77. The van der Waals surface area contributed by atoms with Crippen molar-refractivity contribution >= 4 is 6.03 Å². The number of urea groups is 1. The number of rotatable bonds is 4. The number of ether oxygens (including phenoxy) is 1. The third-order valence-corrected chi connectivity index (χ3v) is 2.85. The van der Waals surface area contributed by atoms with Gasteiger partial charge in [-0.05, 0) is 30.5 Å². The number of amides is 2. The molecule has 1 saturated heterocycles. The largest absolute Gasteiger partial charge is 0.379 e. The van der Waals surface area contributed by atoms with Crippen LogP contribution in [0, 0.1) is 5.82 Å². The molecule has 98 valence electrons. The summed E-state index contributed by atoms with van der Waals surface area (Å²) < 4.78 is 18.1. The monoisotopic (exact) mass is 252 g/mol. The van der Waals surface area contributed by atoms with E-state index >= 15 is 0 Å². The average Bonchev–Trinajstić information content (AvgIpc) is 2.82. The van der Waals surface area contributed by atoms with E-state index in [9.17, 15) is 9.18 Å². The molecule has 4 nitrogen and oxygen atoms in total. The van der Waals surface area contributed by atoms with Gasteiger partial charge in [0, 0.05) is 13.2 Å². The minimum Gasteiger partial charge on any atom is -0.379 e. The molecule has 0 aromatic heterocycles. The Kier molecular flexibility index (Phi) is 4.52. The molecule has 1 aliphatic heterocycles. The summed E-state index contributed by atoms with van der Waals surface area (Å²) in [6.07, 6.45) is 1.48. The van der Waals surface area contributed by atoms with Crippen molar-refractivity contribution in [2.75, 3.05) is 19.8 Å². The summed E-state index contributed by atoms with van der Waals surface area (Å²) in [4.78, 5) is 11.5. The van der Waals surface area contributed by atoms with Crippen LogP contribution in [-0.2, 0) is 11.2 Å². The molecular formula is C13H17FN2O2. The maximum atomic E-state index is 12.9. The third kappa shape index (κ3) is 4.00. The number of benzene rings is 1. The topological polar surface area (TPSA) is 50.4 Å². The lowest BCUT2D eigenvalue weighted by molar-refractivity contribution is 0.188. The summed E-state index contributed by atoms with van der Waals surface area (Å²) in [7, 11) is 0. The normalized spacial score (nSPS) is 18.6. The highest BCUT2D eigenvalue weighted by atomic mass is 19.1. The van der Waals surface area contributed by atoms with Gasteiger partial charge >= 0.3 is 6.03 Å². The standard InChI is InChI=1S/C13H17FN2O2/c14-11-3-1-2-10(8-11)4-6-15-13(17)16-12-5-7-18-9-12/h1-3,8,12H,4-7,9H2,(H2,15,16,17). The van der Waals surface area contributed by atoms with Gasteiger partial charge in [-0.1, -0.05) is 12.1 Å². The van der Waals surface area contributed by atoms with Crippen LogP contribution in [0.25, 0.3) is 0 Å². The molecule has 1 aromatic carbocycles. The van der Waals surface area contributed by atoms with E-state index in [0.717, 1.165) is 12.0 Å². The van der Waals surface area contributed by atoms with Crippen LogP contribution in [0.15, 0.2) is 24.3 Å². The lowest BCUT2D eigenvalue weighted by atomic mass is 10.1. The molecule has 1 atom stereocenters. The van der Waals surface area contributed by atoms with Crippen LogP contribution in [0.3, 0.4) is 0 Å². The number of halogens is 1. The van der Waals surface area contributed by atoms with Crippen LogP contribution in [0.2, 0.25) is 0 Å². The fourth-order valence-electron chi connectivity index (χ4n) is 1.90. The number of hydrogen-bond donors (Lipinski definition) is 2.